The van der Waals surface area contributed by atoms with E-state index >= 15 is 0 Å². The lowest BCUT2D eigenvalue weighted by atomic mass is 10.2. The van der Waals surface area contributed by atoms with E-state index in [9.17, 15) is 4.79 Å². The van der Waals surface area contributed by atoms with Crippen molar-refractivity contribution in [2.24, 2.45) is 0 Å². The first-order valence-corrected chi connectivity index (χ1v) is 7.79. The Balaban J connectivity index is 1.67. The summed E-state index contributed by atoms with van der Waals surface area (Å²) in [5.41, 5.74) is 2.15. The number of nitrogens with zero attached hydrogens (tertiary/aromatic N) is 3. The van der Waals surface area contributed by atoms with Crippen molar-refractivity contribution in [3.8, 4) is 0 Å². The highest BCUT2D eigenvalue weighted by atomic mass is 127. The van der Waals surface area contributed by atoms with Gasteiger partial charge in [-0.25, -0.2) is 4.68 Å². The van der Waals surface area contributed by atoms with E-state index in [1.165, 1.54) is 0 Å². The summed E-state index contributed by atoms with van der Waals surface area (Å²) in [4.78, 5) is 12.1. The minimum Gasteiger partial charge on any atom is -0.321 e. The molecule has 0 unspecified atom stereocenters. The molecule has 1 amide bonds. The van der Waals surface area contributed by atoms with Crippen LogP contribution in [0.3, 0.4) is 0 Å². The molecule has 0 spiro atoms. The molecule has 1 N–H and O–H groups in total. The Morgan fingerprint density at radius 1 is 1.09 bits per heavy atom. The minimum absolute atomic E-state index is 0.263. The Labute approximate surface area is 141 Å². The van der Waals surface area contributed by atoms with Crippen LogP contribution in [0, 0.1) is 3.57 Å². The highest BCUT2D eigenvalue weighted by molar-refractivity contribution is 14.1. The summed E-state index contributed by atoms with van der Waals surface area (Å²) >= 11 is 2.22. The lowest BCUT2D eigenvalue weighted by molar-refractivity contribution is 0.102. The molecule has 0 saturated carbocycles. The van der Waals surface area contributed by atoms with Gasteiger partial charge in [0.05, 0.1) is 12.7 Å². The first kappa shape index (κ1) is 14.7. The van der Waals surface area contributed by atoms with E-state index in [0.29, 0.717) is 12.2 Å². The van der Waals surface area contributed by atoms with Crippen LogP contribution in [0.4, 0.5) is 5.69 Å². The molecule has 5 nitrogen and oxygen atoms in total. The quantitative estimate of drug-likeness (QED) is 0.680. The first-order chi connectivity index (χ1) is 10.7. The molecule has 0 saturated heterocycles. The van der Waals surface area contributed by atoms with Gasteiger partial charge in [-0.05, 0) is 52.4 Å². The molecule has 1 heterocycles. The second-order valence-electron chi connectivity index (χ2n) is 4.75. The fraction of sp³-hybridized carbons (Fsp3) is 0.0625. The van der Waals surface area contributed by atoms with Gasteiger partial charge in [0.25, 0.3) is 5.91 Å². The highest BCUT2D eigenvalue weighted by Crippen LogP contribution is 2.12. The standard InChI is InChI=1S/C16H13IN4O/c17-13-6-8-14(9-7-13)18-16(22)15-11-21(20-19-15)10-12-4-2-1-3-5-12/h1-9,11H,10H2,(H,18,22). The Bertz CT molecular complexity index is 768. The lowest BCUT2D eigenvalue weighted by Crippen LogP contribution is -2.12. The maximum Gasteiger partial charge on any atom is 0.277 e. The van der Waals surface area contributed by atoms with E-state index in [0.717, 1.165) is 14.8 Å². The molecule has 6 heteroatoms. The maximum absolute atomic E-state index is 12.1. The molecule has 0 fully saturated rings. The molecule has 110 valence electrons. The normalized spacial score (nSPS) is 10.4. The molecule has 3 aromatic rings. The number of halogens is 1. The molecule has 1 aromatic heterocycles. The van der Waals surface area contributed by atoms with Gasteiger partial charge < -0.3 is 5.32 Å². The summed E-state index contributed by atoms with van der Waals surface area (Å²) in [5.74, 6) is -0.263. The van der Waals surface area contributed by atoms with Crippen molar-refractivity contribution in [2.75, 3.05) is 5.32 Å². The van der Waals surface area contributed by atoms with Crippen LogP contribution in [-0.4, -0.2) is 20.9 Å². The number of carbonyl (C=O) groups excluding carboxylic acids is 1. The molecule has 0 atom stereocenters. The van der Waals surface area contributed by atoms with Gasteiger partial charge in [-0.3, -0.25) is 4.79 Å². The van der Waals surface area contributed by atoms with Crippen LogP contribution in [0.15, 0.2) is 60.8 Å². The van der Waals surface area contributed by atoms with Crippen molar-refractivity contribution in [2.45, 2.75) is 6.54 Å². The van der Waals surface area contributed by atoms with Crippen molar-refractivity contribution in [3.05, 3.63) is 75.6 Å². The Morgan fingerprint density at radius 3 is 2.55 bits per heavy atom. The van der Waals surface area contributed by atoms with Gasteiger partial charge in [0.2, 0.25) is 0 Å². The summed E-state index contributed by atoms with van der Waals surface area (Å²) in [6.07, 6.45) is 1.65. The van der Waals surface area contributed by atoms with Crippen LogP contribution < -0.4 is 5.32 Å². The topological polar surface area (TPSA) is 59.8 Å². The Kier molecular flexibility index (Phi) is 4.47. The second-order valence-corrected chi connectivity index (χ2v) is 5.99. The zero-order chi connectivity index (χ0) is 15.4. The fourth-order valence-corrected chi connectivity index (χ4v) is 2.34. The van der Waals surface area contributed by atoms with Crippen LogP contribution in [-0.2, 0) is 6.54 Å². The third-order valence-corrected chi connectivity index (χ3v) is 3.78. The van der Waals surface area contributed by atoms with Crippen LogP contribution in [0.1, 0.15) is 16.1 Å². The van der Waals surface area contributed by atoms with E-state index in [1.807, 2.05) is 54.6 Å². The number of carbonyl (C=O) groups is 1. The maximum atomic E-state index is 12.1. The number of aromatic nitrogens is 3. The van der Waals surface area contributed by atoms with E-state index in [2.05, 4.69) is 38.2 Å². The highest BCUT2D eigenvalue weighted by Gasteiger charge is 2.11. The number of rotatable bonds is 4. The predicted octanol–water partition coefficient (Wildman–Crippen LogP) is 3.18. The van der Waals surface area contributed by atoms with Crippen molar-refractivity contribution in [1.29, 1.82) is 0 Å². The smallest absolute Gasteiger partial charge is 0.277 e. The molecule has 0 bridgehead atoms. The van der Waals surface area contributed by atoms with Crippen LogP contribution >= 0.6 is 22.6 Å². The Hall–Kier alpha value is -2.22. The summed E-state index contributed by atoms with van der Waals surface area (Å²) in [7, 11) is 0. The number of nitrogens with one attached hydrogen (secondary N) is 1. The van der Waals surface area contributed by atoms with Crippen LogP contribution in [0.2, 0.25) is 0 Å². The van der Waals surface area contributed by atoms with Gasteiger partial charge in [0.15, 0.2) is 5.69 Å². The van der Waals surface area contributed by atoms with Crippen molar-refractivity contribution in [3.63, 3.8) is 0 Å². The third kappa shape index (κ3) is 3.70. The zero-order valence-electron chi connectivity index (χ0n) is 11.6. The fourth-order valence-electron chi connectivity index (χ4n) is 1.98. The summed E-state index contributed by atoms with van der Waals surface area (Å²) < 4.78 is 2.77. The molecule has 3 rings (SSSR count). The van der Waals surface area contributed by atoms with E-state index in [4.69, 9.17) is 0 Å². The zero-order valence-corrected chi connectivity index (χ0v) is 13.8. The summed E-state index contributed by atoms with van der Waals surface area (Å²) in [5, 5.41) is 10.7. The van der Waals surface area contributed by atoms with Gasteiger partial charge in [-0.1, -0.05) is 35.5 Å². The van der Waals surface area contributed by atoms with Gasteiger partial charge in [-0.15, -0.1) is 5.10 Å². The van der Waals surface area contributed by atoms with Crippen LogP contribution in [0.5, 0.6) is 0 Å². The van der Waals surface area contributed by atoms with Gasteiger partial charge in [-0.2, -0.15) is 0 Å². The number of hydrogen-bond acceptors (Lipinski definition) is 3. The monoisotopic (exact) mass is 404 g/mol. The van der Waals surface area contributed by atoms with Crippen LogP contribution in [0.25, 0.3) is 0 Å². The summed E-state index contributed by atoms with van der Waals surface area (Å²) in [6, 6.07) is 17.5. The number of hydrogen-bond donors (Lipinski definition) is 1. The third-order valence-electron chi connectivity index (χ3n) is 3.06. The second kappa shape index (κ2) is 6.69. The minimum atomic E-state index is -0.263. The molecule has 0 aliphatic carbocycles. The molecule has 2 aromatic carbocycles. The molecular weight excluding hydrogens is 391 g/mol. The summed E-state index contributed by atoms with van der Waals surface area (Å²) in [6.45, 7) is 0.588. The number of amides is 1. The van der Waals surface area contributed by atoms with E-state index in [-0.39, 0.29) is 5.91 Å². The number of anilines is 1. The first-order valence-electron chi connectivity index (χ1n) is 6.72. The average Bonchev–Trinajstić information content (AvgIpc) is 2.99. The van der Waals surface area contributed by atoms with Gasteiger partial charge in [0.1, 0.15) is 0 Å². The number of benzene rings is 2. The molecular formula is C16H13IN4O. The molecule has 0 aliphatic heterocycles. The lowest BCUT2D eigenvalue weighted by Gasteiger charge is -2.02. The van der Waals surface area contributed by atoms with Crippen molar-refractivity contribution < 1.29 is 4.79 Å². The van der Waals surface area contributed by atoms with Gasteiger partial charge in [0, 0.05) is 9.26 Å². The van der Waals surface area contributed by atoms with Crippen molar-refractivity contribution in [1.82, 2.24) is 15.0 Å². The average molecular weight is 404 g/mol. The Morgan fingerprint density at radius 2 is 1.82 bits per heavy atom. The molecule has 0 aliphatic rings. The SMILES string of the molecule is O=C(Nc1ccc(I)cc1)c1cn(Cc2ccccc2)nn1. The van der Waals surface area contributed by atoms with Crippen molar-refractivity contribution >= 4 is 34.2 Å². The van der Waals surface area contributed by atoms with Gasteiger partial charge >= 0.3 is 0 Å². The predicted molar refractivity (Wildman–Crippen MR) is 92.7 cm³/mol. The molecule has 0 radical (unpaired) electrons. The largest absolute Gasteiger partial charge is 0.321 e. The van der Waals surface area contributed by atoms with E-state index in [1.54, 1.807) is 10.9 Å². The molecule has 22 heavy (non-hydrogen) atoms. The van der Waals surface area contributed by atoms with E-state index < -0.39 is 0 Å².